The quantitative estimate of drug-likeness (QED) is 0.0200. The summed E-state index contributed by atoms with van der Waals surface area (Å²) in [5.74, 6) is -0.956. The minimum atomic E-state index is -0.798. The first-order valence-corrected chi connectivity index (χ1v) is 25.0. The molecule has 0 aromatic carbocycles. The normalized spacial score (nSPS) is 12.7. The Morgan fingerprint density at radius 2 is 0.733 bits per heavy atom. The van der Waals surface area contributed by atoms with Crippen LogP contribution in [-0.4, -0.2) is 37.2 Å². The summed E-state index contributed by atoms with van der Waals surface area (Å²) in [6.07, 6.45) is 60.4. The molecule has 344 valence electrons. The fourth-order valence-corrected chi connectivity index (χ4v) is 6.81. The Balaban J connectivity index is 4.40. The maximum Gasteiger partial charge on any atom is 0.306 e. The van der Waals surface area contributed by atoms with Gasteiger partial charge in [-0.2, -0.15) is 0 Å². The van der Waals surface area contributed by atoms with Gasteiger partial charge in [-0.15, -0.1) is 0 Å². The Labute approximate surface area is 370 Å². The Bertz CT molecular complexity index is 1140. The highest BCUT2D eigenvalue weighted by Gasteiger charge is 2.19. The number of carbonyl (C=O) groups excluding carboxylic acids is 3. The molecule has 0 saturated heterocycles. The molecular weight excluding hydrogens is 745 g/mol. The summed E-state index contributed by atoms with van der Waals surface area (Å²) in [4.78, 5) is 37.9. The monoisotopic (exact) mass is 837 g/mol. The van der Waals surface area contributed by atoms with Crippen molar-refractivity contribution in [3.63, 3.8) is 0 Å². The number of allylic oxidation sites excluding steroid dienone is 12. The highest BCUT2D eigenvalue weighted by atomic mass is 16.6. The molecule has 0 aromatic rings. The standard InChI is InChI=1S/C54H92O6/c1-4-7-10-13-16-19-22-25-26-27-28-30-32-35-38-41-44-47-53(56)59-50-51(49-58-52(55)46-43-40-37-34-31-24-21-18-15-12-9-6-3)60-54(57)48-45-42-39-36-33-29-23-20-17-14-11-8-5-2/h8-9,11-12,14,17-18,20-21,23,31,34,51H,4-7,10,13,15-16,19,22,24-30,32-33,35-50H2,1-3H3/b11-8-,12-9-,17-14-,21-18-,23-20-,34-31-. The lowest BCUT2D eigenvalue weighted by Gasteiger charge is -2.18. The van der Waals surface area contributed by atoms with Crippen LogP contribution in [0, 0.1) is 0 Å². The second-order valence-corrected chi connectivity index (χ2v) is 16.4. The molecule has 0 radical (unpaired) electrons. The maximum absolute atomic E-state index is 12.8. The average Bonchev–Trinajstić information content (AvgIpc) is 3.24. The fourth-order valence-electron chi connectivity index (χ4n) is 6.81. The molecule has 0 N–H and O–H groups in total. The van der Waals surface area contributed by atoms with Gasteiger partial charge in [0.05, 0.1) is 0 Å². The Morgan fingerprint density at radius 1 is 0.367 bits per heavy atom. The van der Waals surface area contributed by atoms with Gasteiger partial charge >= 0.3 is 17.9 Å². The van der Waals surface area contributed by atoms with E-state index in [2.05, 4.69) is 93.7 Å². The summed E-state index contributed by atoms with van der Waals surface area (Å²) >= 11 is 0. The smallest absolute Gasteiger partial charge is 0.306 e. The number of carbonyl (C=O) groups is 3. The summed E-state index contributed by atoms with van der Waals surface area (Å²) in [6.45, 7) is 6.34. The Morgan fingerprint density at radius 3 is 1.23 bits per heavy atom. The first-order chi connectivity index (χ1) is 29.5. The second kappa shape index (κ2) is 48.5. The van der Waals surface area contributed by atoms with Crippen molar-refractivity contribution in [2.75, 3.05) is 13.2 Å². The lowest BCUT2D eigenvalue weighted by Crippen LogP contribution is -2.30. The zero-order valence-electron chi connectivity index (χ0n) is 39.2. The van der Waals surface area contributed by atoms with Gasteiger partial charge in [-0.05, 0) is 70.6 Å². The van der Waals surface area contributed by atoms with Crippen molar-refractivity contribution in [2.24, 2.45) is 0 Å². The molecule has 0 rings (SSSR count). The van der Waals surface area contributed by atoms with Crippen LogP contribution in [0.1, 0.15) is 233 Å². The summed E-state index contributed by atoms with van der Waals surface area (Å²) in [7, 11) is 0. The van der Waals surface area contributed by atoms with Gasteiger partial charge in [0.15, 0.2) is 6.10 Å². The molecule has 0 aliphatic rings. The zero-order chi connectivity index (χ0) is 43.7. The van der Waals surface area contributed by atoms with Crippen LogP contribution in [0.5, 0.6) is 0 Å². The minimum absolute atomic E-state index is 0.0947. The summed E-state index contributed by atoms with van der Waals surface area (Å²) in [5, 5.41) is 0. The van der Waals surface area contributed by atoms with Crippen LogP contribution < -0.4 is 0 Å². The topological polar surface area (TPSA) is 78.9 Å². The van der Waals surface area contributed by atoms with Crippen molar-refractivity contribution >= 4 is 17.9 Å². The first kappa shape index (κ1) is 56.9. The molecule has 0 fully saturated rings. The first-order valence-electron chi connectivity index (χ1n) is 25.0. The van der Waals surface area contributed by atoms with Gasteiger partial charge in [-0.1, -0.05) is 216 Å². The van der Waals surface area contributed by atoms with Crippen LogP contribution in [0.3, 0.4) is 0 Å². The number of rotatable bonds is 44. The largest absolute Gasteiger partial charge is 0.462 e. The predicted molar refractivity (Wildman–Crippen MR) is 256 cm³/mol. The van der Waals surface area contributed by atoms with Gasteiger partial charge in [0, 0.05) is 19.3 Å². The van der Waals surface area contributed by atoms with Crippen LogP contribution in [0.4, 0.5) is 0 Å². The van der Waals surface area contributed by atoms with E-state index in [1.807, 2.05) is 0 Å². The fraction of sp³-hybridized carbons (Fsp3) is 0.722. The van der Waals surface area contributed by atoms with E-state index < -0.39 is 6.10 Å². The van der Waals surface area contributed by atoms with Gasteiger partial charge in [0.2, 0.25) is 0 Å². The van der Waals surface area contributed by atoms with E-state index in [0.29, 0.717) is 19.3 Å². The lowest BCUT2D eigenvalue weighted by molar-refractivity contribution is -0.167. The molecule has 60 heavy (non-hydrogen) atoms. The van der Waals surface area contributed by atoms with E-state index in [-0.39, 0.29) is 31.1 Å². The molecule has 0 aromatic heterocycles. The lowest BCUT2D eigenvalue weighted by atomic mass is 10.0. The molecule has 1 unspecified atom stereocenters. The highest BCUT2D eigenvalue weighted by Crippen LogP contribution is 2.15. The van der Waals surface area contributed by atoms with E-state index in [1.165, 1.54) is 89.9 Å². The third kappa shape index (κ3) is 45.9. The molecule has 0 amide bonds. The van der Waals surface area contributed by atoms with E-state index in [0.717, 1.165) is 103 Å². The van der Waals surface area contributed by atoms with E-state index >= 15 is 0 Å². The van der Waals surface area contributed by atoms with Crippen molar-refractivity contribution in [3.05, 3.63) is 72.9 Å². The van der Waals surface area contributed by atoms with E-state index in [4.69, 9.17) is 14.2 Å². The Kier molecular flexibility index (Phi) is 46.0. The molecule has 0 aliphatic carbocycles. The third-order valence-corrected chi connectivity index (χ3v) is 10.5. The number of esters is 3. The van der Waals surface area contributed by atoms with Gasteiger partial charge in [-0.3, -0.25) is 14.4 Å². The van der Waals surface area contributed by atoms with Gasteiger partial charge in [0.1, 0.15) is 13.2 Å². The van der Waals surface area contributed by atoms with Crippen LogP contribution >= 0.6 is 0 Å². The van der Waals surface area contributed by atoms with Gasteiger partial charge in [-0.25, -0.2) is 0 Å². The van der Waals surface area contributed by atoms with Crippen LogP contribution in [0.15, 0.2) is 72.9 Å². The molecule has 0 heterocycles. The molecule has 0 bridgehead atoms. The predicted octanol–water partition coefficient (Wildman–Crippen LogP) is 16.3. The molecule has 0 aliphatic heterocycles. The Hall–Kier alpha value is -3.15. The van der Waals surface area contributed by atoms with Crippen LogP contribution in [0.2, 0.25) is 0 Å². The molecule has 6 heteroatoms. The van der Waals surface area contributed by atoms with Gasteiger partial charge < -0.3 is 14.2 Å². The van der Waals surface area contributed by atoms with Crippen molar-refractivity contribution in [3.8, 4) is 0 Å². The molecule has 6 nitrogen and oxygen atoms in total. The highest BCUT2D eigenvalue weighted by molar-refractivity contribution is 5.71. The zero-order valence-corrected chi connectivity index (χ0v) is 39.2. The molecule has 0 spiro atoms. The molecular formula is C54H92O6. The maximum atomic E-state index is 12.8. The minimum Gasteiger partial charge on any atom is -0.462 e. The molecule has 1 atom stereocenters. The van der Waals surface area contributed by atoms with Crippen molar-refractivity contribution < 1.29 is 28.6 Å². The third-order valence-electron chi connectivity index (χ3n) is 10.5. The number of unbranched alkanes of at least 4 members (excludes halogenated alkanes) is 23. The number of hydrogen-bond donors (Lipinski definition) is 0. The van der Waals surface area contributed by atoms with Gasteiger partial charge in [0.25, 0.3) is 0 Å². The second-order valence-electron chi connectivity index (χ2n) is 16.4. The summed E-state index contributed by atoms with van der Waals surface area (Å²) < 4.78 is 16.7. The summed E-state index contributed by atoms with van der Waals surface area (Å²) in [6, 6.07) is 0. The van der Waals surface area contributed by atoms with Crippen molar-refractivity contribution in [1.82, 2.24) is 0 Å². The van der Waals surface area contributed by atoms with E-state index in [1.54, 1.807) is 0 Å². The number of ether oxygens (including phenoxy) is 3. The number of hydrogen-bond acceptors (Lipinski definition) is 6. The van der Waals surface area contributed by atoms with Crippen molar-refractivity contribution in [1.29, 1.82) is 0 Å². The SMILES string of the molecule is CC\C=C/C=C\C=C/CCCCCCCC(=O)OC(COC(=O)CCCC/C=C\C/C=C\C/C=C\CC)COC(=O)CCCCCCCCCCCCCCCCCCC. The average molecular weight is 837 g/mol. The van der Waals surface area contributed by atoms with Crippen molar-refractivity contribution in [2.45, 2.75) is 239 Å². The molecule has 0 saturated carbocycles. The van der Waals surface area contributed by atoms with E-state index in [9.17, 15) is 14.4 Å². The van der Waals surface area contributed by atoms with Crippen LogP contribution in [0.25, 0.3) is 0 Å². The summed E-state index contributed by atoms with van der Waals surface area (Å²) in [5.41, 5.74) is 0. The van der Waals surface area contributed by atoms with Crippen LogP contribution in [-0.2, 0) is 28.6 Å².